The molecule has 0 heterocycles. The Labute approximate surface area is 105 Å². The summed E-state index contributed by atoms with van der Waals surface area (Å²) >= 11 is 3.12. The third kappa shape index (κ3) is 4.03. The molecule has 0 aliphatic carbocycles. The van der Waals surface area contributed by atoms with Gasteiger partial charge < -0.3 is 5.32 Å². The molecule has 1 rings (SSSR count). The summed E-state index contributed by atoms with van der Waals surface area (Å²) in [7, 11) is 0. The number of nitrogens with one attached hydrogen (secondary N) is 1. The molecule has 6 heteroatoms. The summed E-state index contributed by atoms with van der Waals surface area (Å²) in [6.45, 7) is 1.80. The number of hydrogen-bond acceptors (Lipinski definition) is 1. The Morgan fingerprint density at radius 1 is 1.47 bits per heavy atom. The summed E-state index contributed by atoms with van der Waals surface area (Å²) in [4.78, 5) is 11.1. The van der Waals surface area contributed by atoms with E-state index >= 15 is 0 Å². The lowest BCUT2D eigenvalue weighted by Crippen LogP contribution is -2.22. The van der Waals surface area contributed by atoms with Crippen LogP contribution in [0.3, 0.4) is 0 Å². The molecule has 1 aromatic rings. The number of rotatable bonds is 3. The van der Waals surface area contributed by atoms with Crippen LogP contribution >= 0.6 is 15.9 Å². The average Bonchev–Trinajstić information content (AvgIpc) is 2.27. The van der Waals surface area contributed by atoms with Gasteiger partial charge in [0.15, 0.2) is 0 Å². The zero-order valence-corrected chi connectivity index (χ0v) is 10.6. The molecule has 0 aromatic heterocycles. The number of carbonyl (C=O) groups excluding carboxylic acids is 1. The molecular formula is C11H11BrF3NO. The van der Waals surface area contributed by atoms with Crippen LogP contribution in [0, 0.1) is 0 Å². The number of halogens is 4. The van der Waals surface area contributed by atoms with Crippen LogP contribution in [0.2, 0.25) is 0 Å². The minimum absolute atomic E-state index is 0.141. The van der Waals surface area contributed by atoms with Crippen molar-refractivity contribution in [1.82, 2.24) is 0 Å². The molecule has 0 spiro atoms. The van der Waals surface area contributed by atoms with Crippen LogP contribution in [0.25, 0.3) is 0 Å². The van der Waals surface area contributed by atoms with E-state index in [4.69, 9.17) is 0 Å². The molecule has 0 aliphatic heterocycles. The fourth-order valence-electron chi connectivity index (χ4n) is 1.18. The first-order valence-corrected chi connectivity index (χ1v) is 5.88. The summed E-state index contributed by atoms with van der Waals surface area (Å²) < 4.78 is 37.2. The van der Waals surface area contributed by atoms with Gasteiger partial charge in [-0.05, 0) is 24.6 Å². The van der Waals surface area contributed by atoms with E-state index in [1.807, 2.05) is 0 Å². The first-order valence-electron chi connectivity index (χ1n) is 4.96. The molecule has 94 valence electrons. The van der Waals surface area contributed by atoms with Gasteiger partial charge >= 0.3 is 6.18 Å². The van der Waals surface area contributed by atoms with Crippen molar-refractivity contribution in [1.29, 1.82) is 0 Å². The zero-order chi connectivity index (χ0) is 13.1. The van der Waals surface area contributed by atoms with Crippen molar-refractivity contribution in [2.45, 2.75) is 24.3 Å². The average molecular weight is 310 g/mol. The summed E-state index contributed by atoms with van der Waals surface area (Å²) in [6, 6.07) is 4.55. The van der Waals surface area contributed by atoms with Gasteiger partial charge in [-0.15, -0.1) is 0 Å². The molecule has 1 amide bonds. The fourth-order valence-corrected chi connectivity index (χ4v) is 1.29. The lowest BCUT2D eigenvalue weighted by molar-refractivity contribution is -0.137. The standard InChI is InChI=1S/C11H11BrF3NO/c1-2-9(12)10(17)16-8-5-3-4-7(6-8)11(13,14)15/h3-6,9H,2H2,1H3,(H,16,17)/t9-/m1/s1. The van der Waals surface area contributed by atoms with E-state index in [9.17, 15) is 18.0 Å². The number of anilines is 1. The highest BCUT2D eigenvalue weighted by Gasteiger charge is 2.30. The van der Waals surface area contributed by atoms with Crippen molar-refractivity contribution in [3.63, 3.8) is 0 Å². The second kappa shape index (κ2) is 5.53. The molecule has 0 unspecified atom stereocenters. The summed E-state index contributed by atoms with van der Waals surface area (Å²) in [6.07, 6.45) is -3.84. The molecule has 0 radical (unpaired) electrons. The number of alkyl halides is 4. The molecule has 0 bridgehead atoms. The van der Waals surface area contributed by atoms with Gasteiger partial charge in [-0.1, -0.05) is 28.9 Å². The quantitative estimate of drug-likeness (QED) is 0.845. The maximum absolute atomic E-state index is 12.4. The van der Waals surface area contributed by atoms with Gasteiger partial charge in [0.05, 0.1) is 10.4 Å². The van der Waals surface area contributed by atoms with Crippen molar-refractivity contribution < 1.29 is 18.0 Å². The van der Waals surface area contributed by atoms with Crippen molar-refractivity contribution in [2.24, 2.45) is 0 Å². The Morgan fingerprint density at radius 3 is 2.65 bits per heavy atom. The molecule has 0 aliphatic rings. The van der Waals surface area contributed by atoms with Gasteiger partial charge in [-0.2, -0.15) is 13.2 Å². The zero-order valence-electron chi connectivity index (χ0n) is 9.01. The highest BCUT2D eigenvalue weighted by Crippen LogP contribution is 2.30. The van der Waals surface area contributed by atoms with Crippen molar-refractivity contribution in [3.05, 3.63) is 29.8 Å². The Hall–Kier alpha value is -1.04. The number of benzene rings is 1. The van der Waals surface area contributed by atoms with Crippen molar-refractivity contribution >= 4 is 27.5 Å². The van der Waals surface area contributed by atoms with Crippen molar-refractivity contribution in [3.8, 4) is 0 Å². The summed E-state index contributed by atoms with van der Waals surface area (Å²) in [5.41, 5.74) is -0.638. The summed E-state index contributed by atoms with van der Waals surface area (Å²) in [5.74, 6) is -0.355. The van der Waals surface area contributed by atoms with E-state index < -0.39 is 16.6 Å². The number of hydrogen-bond donors (Lipinski definition) is 1. The van der Waals surface area contributed by atoms with Crippen LogP contribution in [-0.2, 0) is 11.0 Å². The molecule has 17 heavy (non-hydrogen) atoms. The van der Waals surface area contributed by atoms with Crippen LogP contribution in [0.4, 0.5) is 18.9 Å². The smallest absolute Gasteiger partial charge is 0.325 e. The minimum atomic E-state index is -4.40. The maximum Gasteiger partial charge on any atom is 0.416 e. The third-order valence-electron chi connectivity index (χ3n) is 2.10. The van der Waals surface area contributed by atoms with E-state index in [1.165, 1.54) is 12.1 Å². The lowest BCUT2D eigenvalue weighted by Gasteiger charge is -2.11. The normalized spacial score (nSPS) is 13.2. The van der Waals surface area contributed by atoms with Crippen LogP contribution in [-0.4, -0.2) is 10.7 Å². The van der Waals surface area contributed by atoms with E-state index in [1.54, 1.807) is 6.92 Å². The van der Waals surface area contributed by atoms with E-state index in [-0.39, 0.29) is 11.6 Å². The van der Waals surface area contributed by atoms with Crippen LogP contribution in [0.15, 0.2) is 24.3 Å². The maximum atomic E-state index is 12.4. The highest BCUT2D eigenvalue weighted by molar-refractivity contribution is 9.10. The molecule has 0 fully saturated rings. The fraction of sp³-hybridized carbons (Fsp3) is 0.364. The van der Waals surface area contributed by atoms with E-state index in [2.05, 4.69) is 21.2 Å². The van der Waals surface area contributed by atoms with Gasteiger partial charge in [0, 0.05) is 5.69 Å². The van der Waals surface area contributed by atoms with Gasteiger partial charge in [-0.3, -0.25) is 4.79 Å². The van der Waals surface area contributed by atoms with Gasteiger partial charge in [-0.25, -0.2) is 0 Å². The molecule has 0 saturated heterocycles. The van der Waals surface area contributed by atoms with Crippen LogP contribution in [0.1, 0.15) is 18.9 Å². The summed E-state index contributed by atoms with van der Waals surface area (Å²) in [5, 5.41) is 2.42. The van der Waals surface area contributed by atoms with E-state index in [0.717, 1.165) is 12.1 Å². The Bertz CT molecular complexity index is 406. The predicted molar refractivity (Wildman–Crippen MR) is 63.1 cm³/mol. The Balaban J connectivity index is 2.83. The predicted octanol–water partition coefficient (Wildman–Crippen LogP) is 3.82. The Morgan fingerprint density at radius 2 is 2.12 bits per heavy atom. The lowest BCUT2D eigenvalue weighted by atomic mass is 10.2. The second-order valence-corrected chi connectivity index (χ2v) is 4.55. The second-order valence-electron chi connectivity index (χ2n) is 3.44. The first-order chi connectivity index (χ1) is 7.84. The largest absolute Gasteiger partial charge is 0.416 e. The number of carbonyl (C=O) groups is 1. The highest BCUT2D eigenvalue weighted by atomic mass is 79.9. The topological polar surface area (TPSA) is 29.1 Å². The van der Waals surface area contributed by atoms with Gasteiger partial charge in [0.1, 0.15) is 0 Å². The SMILES string of the molecule is CC[C@@H](Br)C(=O)Nc1cccc(C(F)(F)F)c1. The molecule has 1 atom stereocenters. The van der Waals surface area contributed by atoms with Crippen LogP contribution in [0.5, 0.6) is 0 Å². The molecule has 2 nitrogen and oxygen atoms in total. The molecule has 0 saturated carbocycles. The monoisotopic (exact) mass is 309 g/mol. The third-order valence-corrected chi connectivity index (χ3v) is 3.16. The molecular weight excluding hydrogens is 299 g/mol. The van der Waals surface area contributed by atoms with Gasteiger partial charge in [0.2, 0.25) is 5.91 Å². The first kappa shape index (κ1) is 14.0. The van der Waals surface area contributed by atoms with Crippen LogP contribution < -0.4 is 5.32 Å². The molecule has 1 aromatic carbocycles. The Kier molecular flexibility index (Phi) is 4.56. The number of amides is 1. The minimum Gasteiger partial charge on any atom is -0.325 e. The van der Waals surface area contributed by atoms with E-state index in [0.29, 0.717) is 6.42 Å². The van der Waals surface area contributed by atoms with Crippen molar-refractivity contribution in [2.75, 3.05) is 5.32 Å². The molecule has 1 N–H and O–H groups in total. The van der Waals surface area contributed by atoms with Gasteiger partial charge in [0.25, 0.3) is 0 Å².